The van der Waals surface area contributed by atoms with Crippen molar-refractivity contribution in [3.63, 3.8) is 0 Å². The van der Waals surface area contributed by atoms with Crippen LogP contribution >= 0.6 is 34.8 Å². The first-order valence-electron chi connectivity index (χ1n) is 5.90. The molecule has 0 bridgehead atoms. The summed E-state index contributed by atoms with van der Waals surface area (Å²) in [7, 11) is -3.57. The number of benzene rings is 1. The first-order valence-corrected chi connectivity index (χ1v) is 8.64. The van der Waals surface area contributed by atoms with E-state index in [-0.39, 0.29) is 21.9 Å². The predicted octanol–water partition coefficient (Wildman–Crippen LogP) is 3.63. The highest BCUT2D eigenvalue weighted by molar-refractivity contribution is 7.89. The fourth-order valence-electron chi connectivity index (χ4n) is 2.27. The zero-order chi connectivity index (χ0) is 14.2. The van der Waals surface area contributed by atoms with Crippen LogP contribution in [0, 0.1) is 5.92 Å². The summed E-state index contributed by atoms with van der Waals surface area (Å²) >= 11 is 17.6. The Morgan fingerprint density at radius 1 is 1.32 bits per heavy atom. The van der Waals surface area contributed by atoms with Crippen molar-refractivity contribution in [1.82, 2.24) is 4.31 Å². The van der Waals surface area contributed by atoms with Crippen LogP contribution in [0.15, 0.2) is 23.1 Å². The van der Waals surface area contributed by atoms with Gasteiger partial charge in [-0.05, 0) is 30.5 Å². The van der Waals surface area contributed by atoms with E-state index in [1.807, 2.05) is 6.92 Å². The molecule has 1 fully saturated rings. The summed E-state index contributed by atoms with van der Waals surface area (Å²) in [6.45, 7) is 2.50. The summed E-state index contributed by atoms with van der Waals surface area (Å²) in [5, 5.41) is 0.571. The average molecular weight is 343 g/mol. The Morgan fingerprint density at radius 2 is 2.00 bits per heavy atom. The Hall–Kier alpha value is -0.000000000000000167. The van der Waals surface area contributed by atoms with Gasteiger partial charge in [-0.1, -0.05) is 30.1 Å². The first kappa shape index (κ1) is 15.4. The van der Waals surface area contributed by atoms with Crippen LogP contribution in [0.4, 0.5) is 0 Å². The Balaban J connectivity index is 2.39. The molecule has 19 heavy (non-hydrogen) atoms. The molecule has 0 N–H and O–H groups in total. The Labute approximate surface area is 128 Å². The lowest BCUT2D eigenvalue weighted by atomic mass is 10.1. The minimum atomic E-state index is -3.57. The van der Waals surface area contributed by atoms with Crippen LogP contribution in [-0.2, 0) is 10.0 Å². The molecule has 0 amide bonds. The quantitative estimate of drug-likeness (QED) is 0.787. The second kappa shape index (κ2) is 5.78. The number of nitrogens with zero attached hydrogens (tertiary/aromatic N) is 1. The van der Waals surface area contributed by atoms with E-state index in [1.54, 1.807) is 0 Å². The van der Waals surface area contributed by atoms with E-state index in [0.29, 0.717) is 17.4 Å². The van der Waals surface area contributed by atoms with Crippen molar-refractivity contribution in [3.05, 3.63) is 28.2 Å². The van der Waals surface area contributed by atoms with Crippen LogP contribution in [-0.4, -0.2) is 31.2 Å². The third-order valence-electron chi connectivity index (χ3n) is 3.49. The summed E-state index contributed by atoms with van der Waals surface area (Å²) in [6, 6.07) is 4.18. The average Bonchev–Trinajstić information content (AvgIpc) is 2.74. The highest BCUT2D eigenvalue weighted by Crippen LogP contribution is 2.32. The molecule has 2 atom stereocenters. The number of alkyl halides is 1. The van der Waals surface area contributed by atoms with E-state index in [9.17, 15) is 8.42 Å². The summed E-state index contributed by atoms with van der Waals surface area (Å²) in [6.07, 6.45) is 0.817. The van der Waals surface area contributed by atoms with Gasteiger partial charge in [-0.3, -0.25) is 0 Å². The van der Waals surface area contributed by atoms with Crippen LogP contribution < -0.4 is 0 Å². The molecule has 2 unspecified atom stereocenters. The highest BCUT2D eigenvalue weighted by atomic mass is 35.5. The van der Waals surface area contributed by atoms with Crippen molar-refractivity contribution < 1.29 is 8.42 Å². The largest absolute Gasteiger partial charge is 0.243 e. The van der Waals surface area contributed by atoms with Gasteiger partial charge in [0.05, 0.1) is 14.9 Å². The van der Waals surface area contributed by atoms with Gasteiger partial charge in [-0.2, -0.15) is 4.31 Å². The van der Waals surface area contributed by atoms with Crippen LogP contribution in [0.2, 0.25) is 10.0 Å². The second-order valence-corrected chi connectivity index (χ2v) is 7.69. The molecular formula is C12H14Cl3NO2S. The lowest BCUT2D eigenvalue weighted by molar-refractivity contribution is 0.375. The number of hydrogen-bond acceptors (Lipinski definition) is 2. The molecule has 1 aliphatic rings. The Morgan fingerprint density at radius 3 is 2.58 bits per heavy atom. The van der Waals surface area contributed by atoms with Gasteiger partial charge in [0.1, 0.15) is 0 Å². The highest BCUT2D eigenvalue weighted by Gasteiger charge is 2.39. The Kier molecular flexibility index (Phi) is 4.68. The summed E-state index contributed by atoms with van der Waals surface area (Å²) in [5.74, 6) is 0.553. The molecule has 1 aliphatic heterocycles. The first-order chi connectivity index (χ1) is 8.87. The lowest BCUT2D eigenvalue weighted by Crippen LogP contribution is -2.38. The van der Waals surface area contributed by atoms with Gasteiger partial charge in [-0.25, -0.2) is 8.42 Å². The third kappa shape index (κ3) is 2.88. The van der Waals surface area contributed by atoms with Crippen molar-refractivity contribution in [3.8, 4) is 0 Å². The minimum absolute atomic E-state index is 0.158. The molecule has 0 radical (unpaired) electrons. The van der Waals surface area contributed by atoms with E-state index >= 15 is 0 Å². The maximum atomic E-state index is 12.6. The molecular weight excluding hydrogens is 329 g/mol. The van der Waals surface area contributed by atoms with E-state index in [1.165, 1.54) is 22.5 Å². The summed E-state index contributed by atoms with van der Waals surface area (Å²) in [4.78, 5) is 0.158. The fraction of sp³-hybridized carbons (Fsp3) is 0.500. The van der Waals surface area contributed by atoms with E-state index in [4.69, 9.17) is 34.8 Å². The fourth-order valence-corrected chi connectivity index (χ4v) is 4.95. The third-order valence-corrected chi connectivity index (χ3v) is 6.46. The molecule has 0 saturated carbocycles. The van der Waals surface area contributed by atoms with Crippen LogP contribution in [0.1, 0.15) is 13.3 Å². The summed E-state index contributed by atoms with van der Waals surface area (Å²) < 4.78 is 26.6. The molecule has 1 saturated heterocycles. The Bertz CT molecular complexity index is 576. The lowest BCUT2D eigenvalue weighted by Gasteiger charge is -2.24. The normalized spacial score (nSPS) is 24.8. The number of rotatable bonds is 3. The number of hydrogen-bond donors (Lipinski definition) is 0. The second-order valence-electron chi connectivity index (χ2n) is 4.68. The van der Waals surface area contributed by atoms with Crippen molar-refractivity contribution in [2.75, 3.05) is 12.4 Å². The maximum Gasteiger partial charge on any atom is 0.243 e. The monoisotopic (exact) mass is 341 g/mol. The van der Waals surface area contributed by atoms with Crippen molar-refractivity contribution in [2.45, 2.75) is 24.3 Å². The smallest absolute Gasteiger partial charge is 0.207 e. The zero-order valence-corrected chi connectivity index (χ0v) is 13.4. The molecule has 0 aliphatic carbocycles. The topological polar surface area (TPSA) is 37.4 Å². The van der Waals surface area contributed by atoms with Crippen molar-refractivity contribution >= 4 is 44.8 Å². The van der Waals surface area contributed by atoms with Gasteiger partial charge in [-0.15, -0.1) is 11.6 Å². The van der Waals surface area contributed by atoms with E-state index in [2.05, 4.69) is 0 Å². The van der Waals surface area contributed by atoms with Gasteiger partial charge >= 0.3 is 0 Å². The molecule has 1 aromatic carbocycles. The molecule has 3 nitrogen and oxygen atoms in total. The van der Waals surface area contributed by atoms with Crippen molar-refractivity contribution in [1.29, 1.82) is 0 Å². The van der Waals surface area contributed by atoms with Crippen molar-refractivity contribution in [2.24, 2.45) is 5.92 Å². The molecule has 0 aromatic heterocycles. The molecule has 7 heteroatoms. The standard InChI is InChI=1S/C12H14Cl3NO2S/c1-8-4-5-16(12(8)7-13)19(17,18)9-2-3-10(14)11(15)6-9/h2-3,6,8,12H,4-5,7H2,1H3. The summed E-state index contributed by atoms with van der Waals surface area (Å²) in [5.41, 5.74) is 0. The van der Waals surface area contributed by atoms with Gasteiger partial charge in [0.25, 0.3) is 0 Å². The molecule has 2 rings (SSSR count). The van der Waals surface area contributed by atoms with Crippen LogP contribution in [0.3, 0.4) is 0 Å². The van der Waals surface area contributed by atoms with Gasteiger partial charge in [0.2, 0.25) is 10.0 Å². The van der Waals surface area contributed by atoms with E-state index in [0.717, 1.165) is 6.42 Å². The SMILES string of the molecule is CC1CCN(S(=O)(=O)c2ccc(Cl)c(Cl)c2)C1CCl. The van der Waals surface area contributed by atoms with Gasteiger partial charge < -0.3 is 0 Å². The molecule has 0 spiro atoms. The zero-order valence-electron chi connectivity index (χ0n) is 10.3. The van der Waals surface area contributed by atoms with Gasteiger partial charge in [0, 0.05) is 18.5 Å². The maximum absolute atomic E-state index is 12.6. The van der Waals surface area contributed by atoms with Gasteiger partial charge in [0.15, 0.2) is 0 Å². The van der Waals surface area contributed by atoms with Crippen LogP contribution in [0.25, 0.3) is 0 Å². The molecule has 1 aromatic rings. The van der Waals surface area contributed by atoms with Crippen LogP contribution in [0.5, 0.6) is 0 Å². The predicted molar refractivity (Wildman–Crippen MR) is 78.6 cm³/mol. The number of halogens is 3. The molecule has 106 valence electrons. The van der Waals surface area contributed by atoms with E-state index < -0.39 is 10.0 Å². The number of sulfonamides is 1. The molecule has 1 heterocycles. The minimum Gasteiger partial charge on any atom is -0.207 e.